The Labute approximate surface area is 118 Å². The van der Waals surface area contributed by atoms with Gasteiger partial charge in [-0.1, -0.05) is 12.1 Å². The molecule has 0 bridgehead atoms. The zero-order valence-corrected chi connectivity index (χ0v) is 11.8. The third kappa shape index (κ3) is 2.57. The average Bonchev–Trinajstić information content (AvgIpc) is 3.02. The van der Waals surface area contributed by atoms with Gasteiger partial charge in [-0.3, -0.25) is 0 Å². The number of rotatable bonds is 5. The minimum atomic E-state index is -0.719. The quantitative estimate of drug-likeness (QED) is 0.863. The van der Waals surface area contributed by atoms with Crippen LogP contribution in [-0.2, 0) is 17.8 Å². The van der Waals surface area contributed by atoms with Gasteiger partial charge in [0.25, 0.3) is 0 Å². The molecule has 1 aliphatic heterocycles. The van der Waals surface area contributed by atoms with Gasteiger partial charge in [0.15, 0.2) is 0 Å². The molecule has 20 heavy (non-hydrogen) atoms. The van der Waals surface area contributed by atoms with Gasteiger partial charge in [-0.15, -0.1) is 0 Å². The first-order valence-corrected chi connectivity index (χ1v) is 7.17. The van der Waals surface area contributed by atoms with Crippen molar-refractivity contribution in [2.24, 2.45) is 0 Å². The first-order valence-electron chi connectivity index (χ1n) is 7.17. The molecule has 5 nitrogen and oxygen atoms in total. The largest absolute Gasteiger partial charge is 0.386 e. The number of hydrogen-bond donors (Lipinski definition) is 2. The summed E-state index contributed by atoms with van der Waals surface area (Å²) in [5.41, 5.74) is 1.46. The van der Waals surface area contributed by atoms with Crippen molar-refractivity contribution in [2.75, 3.05) is 19.8 Å². The minimum Gasteiger partial charge on any atom is -0.386 e. The molecule has 2 N–H and O–H groups in total. The van der Waals surface area contributed by atoms with Crippen LogP contribution in [0.4, 0.5) is 0 Å². The molecule has 1 saturated heterocycles. The van der Waals surface area contributed by atoms with Gasteiger partial charge in [0.05, 0.1) is 24.2 Å². The Hall–Kier alpha value is -1.43. The maximum Gasteiger partial charge on any atom is 0.123 e. The number of aliphatic hydroxyl groups is 1. The van der Waals surface area contributed by atoms with Crippen LogP contribution >= 0.6 is 0 Å². The third-order valence-electron chi connectivity index (χ3n) is 3.87. The predicted molar refractivity (Wildman–Crippen MR) is 77.5 cm³/mol. The molecule has 1 aromatic carbocycles. The van der Waals surface area contributed by atoms with Crippen molar-refractivity contribution in [1.82, 2.24) is 14.9 Å². The van der Waals surface area contributed by atoms with E-state index >= 15 is 0 Å². The van der Waals surface area contributed by atoms with Gasteiger partial charge >= 0.3 is 0 Å². The van der Waals surface area contributed by atoms with Crippen LogP contribution in [0.25, 0.3) is 11.0 Å². The van der Waals surface area contributed by atoms with Gasteiger partial charge in [-0.05, 0) is 19.1 Å². The maximum absolute atomic E-state index is 10.2. The van der Waals surface area contributed by atoms with Crippen molar-refractivity contribution in [1.29, 1.82) is 0 Å². The lowest BCUT2D eigenvalue weighted by Crippen LogP contribution is -2.41. The van der Waals surface area contributed by atoms with Crippen molar-refractivity contribution in [2.45, 2.75) is 32.0 Å². The molecule has 0 amide bonds. The van der Waals surface area contributed by atoms with Crippen LogP contribution in [0.5, 0.6) is 0 Å². The Bertz CT molecular complexity index is 588. The molecule has 1 aliphatic rings. The number of benzene rings is 1. The monoisotopic (exact) mass is 275 g/mol. The molecule has 0 saturated carbocycles. The fraction of sp³-hybridized carbons (Fsp3) is 0.533. The molecule has 1 aromatic heterocycles. The summed E-state index contributed by atoms with van der Waals surface area (Å²) in [4.78, 5) is 4.66. The zero-order valence-electron chi connectivity index (χ0n) is 11.8. The molecular weight excluding hydrogens is 254 g/mol. The Balaban J connectivity index is 1.71. The summed E-state index contributed by atoms with van der Waals surface area (Å²) in [6.45, 7) is 5.28. The van der Waals surface area contributed by atoms with E-state index in [0.29, 0.717) is 32.7 Å². The van der Waals surface area contributed by atoms with Gasteiger partial charge in [-0.25, -0.2) is 4.98 Å². The van der Waals surface area contributed by atoms with Gasteiger partial charge in [0.2, 0.25) is 0 Å². The molecular formula is C15H21N3O2. The van der Waals surface area contributed by atoms with Crippen LogP contribution in [0.2, 0.25) is 0 Å². The van der Waals surface area contributed by atoms with E-state index in [9.17, 15) is 5.11 Å². The Kier molecular flexibility index (Phi) is 3.74. The van der Waals surface area contributed by atoms with Crippen LogP contribution in [0.3, 0.4) is 0 Å². The molecule has 2 heterocycles. The highest BCUT2D eigenvalue weighted by Gasteiger charge is 2.31. The number of ether oxygens (including phenoxy) is 1. The summed E-state index contributed by atoms with van der Waals surface area (Å²) < 4.78 is 7.45. The van der Waals surface area contributed by atoms with E-state index in [1.807, 2.05) is 18.2 Å². The third-order valence-corrected chi connectivity index (χ3v) is 3.87. The normalized spacial score (nSPS) is 22.7. The fourth-order valence-electron chi connectivity index (χ4n) is 2.76. The summed E-state index contributed by atoms with van der Waals surface area (Å²) in [6, 6.07) is 8.16. The number of hydrogen-bond acceptors (Lipinski definition) is 4. The molecule has 0 spiro atoms. The van der Waals surface area contributed by atoms with E-state index in [1.165, 1.54) is 0 Å². The molecule has 1 atom stereocenters. The Morgan fingerprint density at radius 2 is 2.30 bits per heavy atom. The first kappa shape index (κ1) is 13.5. The predicted octanol–water partition coefficient (Wildman–Crippen LogP) is 1.30. The molecule has 108 valence electrons. The summed E-state index contributed by atoms with van der Waals surface area (Å²) in [5.74, 6) is 1.01. The number of aromatic nitrogens is 2. The molecule has 2 aromatic rings. The minimum absolute atomic E-state index is 0.421. The molecule has 5 heteroatoms. The molecule has 1 unspecified atom stereocenters. The van der Waals surface area contributed by atoms with Crippen LogP contribution in [-0.4, -0.2) is 40.0 Å². The van der Waals surface area contributed by atoms with Crippen molar-refractivity contribution >= 4 is 11.0 Å². The lowest BCUT2D eigenvalue weighted by Gasteiger charge is -2.20. The Morgan fingerprint density at radius 3 is 3.05 bits per heavy atom. The lowest BCUT2D eigenvalue weighted by atomic mass is 10.0. The lowest BCUT2D eigenvalue weighted by molar-refractivity contribution is 0.0267. The topological polar surface area (TPSA) is 59.3 Å². The summed E-state index contributed by atoms with van der Waals surface area (Å²) in [7, 11) is 0. The van der Waals surface area contributed by atoms with Crippen molar-refractivity contribution in [3.63, 3.8) is 0 Å². The van der Waals surface area contributed by atoms with E-state index in [0.717, 1.165) is 23.4 Å². The SMILES string of the molecule is CCn1c(CNCC2(O)CCOC2)nc2ccccc21. The van der Waals surface area contributed by atoms with Crippen molar-refractivity contribution in [3.05, 3.63) is 30.1 Å². The van der Waals surface area contributed by atoms with E-state index in [-0.39, 0.29) is 0 Å². The maximum atomic E-state index is 10.2. The van der Waals surface area contributed by atoms with Crippen molar-refractivity contribution < 1.29 is 9.84 Å². The van der Waals surface area contributed by atoms with E-state index in [4.69, 9.17) is 4.74 Å². The standard InChI is InChI=1S/C15H21N3O2/c1-2-18-13-6-4-3-5-12(13)17-14(18)9-16-10-15(19)7-8-20-11-15/h3-6,16,19H,2,7-11H2,1H3. The van der Waals surface area contributed by atoms with Gasteiger partial charge in [0.1, 0.15) is 11.4 Å². The second-order valence-electron chi connectivity index (χ2n) is 5.39. The summed E-state index contributed by atoms with van der Waals surface area (Å²) in [6.07, 6.45) is 0.699. The number of para-hydroxylation sites is 2. The second kappa shape index (κ2) is 5.52. The van der Waals surface area contributed by atoms with E-state index < -0.39 is 5.60 Å². The number of nitrogens with zero attached hydrogens (tertiary/aromatic N) is 2. The summed E-state index contributed by atoms with van der Waals surface area (Å²) in [5, 5.41) is 13.5. The number of aryl methyl sites for hydroxylation is 1. The molecule has 1 fully saturated rings. The van der Waals surface area contributed by atoms with E-state index in [2.05, 4.69) is 27.9 Å². The van der Waals surface area contributed by atoms with Crippen LogP contribution in [0.15, 0.2) is 24.3 Å². The first-order chi connectivity index (χ1) is 9.72. The molecule has 0 radical (unpaired) electrons. The molecule has 0 aliphatic carbocycles. The Morgan fingerprint density at radius 1 is 1.45 bits per heavy atom. The highest BCUT2D eigenvalue weighted by Crippen LogP contribution is 2.18. The zero-order chi connectivity index (χ0) is 14.0. The van der Waals surface area contributed by atoms with Gasteiger partial charge < -0.3 is 19.7 Å². The fourth-order valence-corrected chi connectivity index (χ4v) is 2.76. The second-order valence-corrected chi connectivity index (χ2v) is 5.39. The van der Waals surface area contributed by atoms with Gasteiger partial charge in [-0.2, -0.15) is 0 Å². The van der Waals surface area contributed by atoms with Crippen molar-refractivity contribution in [3.8, 4) is 0 Å². The van der Waals surface area contributed by atoms with Gasteiger partial charge in [0, 0.05) is 26.1 Å². The van der Waals surface area contributed by atoms with Crippen LogP contribution in [0, 0.1) is 0 Å². The van der Waals surface area contributed by atoms with Crippen LogP contribution in [0.1, 0.15) is 19.2 Å². The highest BCUT2D eigenvalue weighted by molar-refractivity contribution is 5.75. The summed E-state index contributed by atoms with van der Waals surface area (Å²) >= 11 is 0. The smallest absolute Gasteiger partial charge is 0.123 e. The number of nitrogens with one attached hydrogen (secondary N) is 1. The molecule has 3 rings (SSSR count). The average molecular weight is 275 g/mol. The highest BCUT2D eigenvalue weighted by atomic mass is 16.5. The number of imidazole rings is 1. The van der Waals surface area contributed by atoms with E-state index in [1.54, 1.807) is 0 Å². The number of fused-ring (bicyclic) bond motifs is 1. The van der Waals surface area contributed by atoms with Crippen LogP contribution < -0.4 is 5.32 Å².